The lowest BCUT2D eigenvalue weighted by Crippen LogP contribution is -2.42. The highest BCUT2D eigenvalue weighted by Crippen LogP contribution is 2.06. The molecule has 114 valence electrons. The van der Waals surface area contributed by atoms with Gasteiger partial charge in [0.2, 0.25) is 5.91 Å². The molecule has 0 bridgehead atoms. The van der Waals surface area contributed by atoms with E-state index in [1.807, 2.05) is 0 Å². The maximum absolute atomic E-state index is 11.0. The molecule has 0 saturated carbocycles. The Labute approximate surface area is 140 Å². The number of hydrogen-bond donors (Lipinski definition) is 3. The van der Waals surface area contributed by atoms with Gasteiger partial charge in [-0.25, -0.2) is 4.79 Å². The smallest absolute Gasteiger partial charge is 0.327 e. The van der Waals surface area contributed by atoms with Crippen molar-refractivity contribution in [1.82, 2.24) is 10.6 Å². The SMILES string of the molecule is [2H]c1c([2H])c([2H])c(CCNC(=S)SC[C@H](NC(C)=O)C(=O)O)c([2H])c1[2H]. The topological polar surface area (TPSA) is 78.4 Å². The molecule has 1 rings (SSSR count). The van der Waals surface area contributed by atoms with Crippen molar-refractivity contribution < 1.29 is 21.5 Å². The molecular formula is C14H18N2O3S2. The summed E-state index contributed by atoms with van der Waals surface area (Å²) in [4.78, 5) is 22.0. The summed E-state index contributed by atoms with van der Waals surface area (Å²) in [6, 6.07) is -2.81. The maximum Gasteiger partial charge on any atom is 0.327 e. The number of carboxylic acids is 1. The van der Waals surface area contributed by atoms with Gasteiger partial charge in [0, 0.05) is 19.2 Å². The molecule has 0 aliphatic carbocycles. The number of carboxylic acid groups (broad SMARTS) is 1. The van der Waals surface area contributed by atoms with Crippen LogP contribution in [0.2, 0.25) is 0 Å². The average molecular weight is 331 g/mol. The van der Waals surface area contributed by atoms with E-state index in [9.17, 15) is 9.59 Å². The number of aliphatic carboxylic acids is 1. The number of amides is 1. The van der Waals surface area contributed by atoms with E-state index >= 15 is 0 Å². The number of thioether (sulfide) groups is 1. The highest BCUT2D eigenvalue weighted by atomic mass is 32.2. The Morgan fingerprint density at radius 3 is 2.67 bits per heavy atom. The first-order valence-corrected chi connectivity index (χ1v) is 7.42. The first-order valence-electron chi connectivity index (χ1n) is 8.52. The first kappa shape index (κ1) is 11.0. The van der Waals surface area contributed by atoms with E-state index in [0.29, 0.717) is 0 Å². The lowest BCUT2D eigenvalue weighted by atomic mass is 10.2. The zero-order chi connectivity index (χ0) is 20.0. The minimum Gasteiger partial charge on any atom is -0.480 e. The van der Waals surface area contributed by atoms with Crippen molar-refractivity contribution in [1.29, 1.82) is 0 Å². The van der Waals surface area contributed by atoms with Gasteiger partial charge < -0.3 is 15.7 Å². The fourth-order valence-electron chi connectivity index (χ4n) is 1.32. The zero-order valence-corrected chi connectivity index (χ0v) is 12.9. The molecule has 1 aromatic carbocycles. The molecule has 0 aliphatic rings. The van der Waals surface area contributed by atoms with E-state index in [1.165, 1.54) is 6.92 Å². The number of nitrogens with one attached hydrogen (secondary N) is 2. The number of hydrogen-bond acceptors (Lipinski definition) is 4. The number of rotatable bonds is 7. The summed E-state index contributed by atoms with van der Waals surface area (Å²) in [6.45, 7) is 1.44. The summed E-state index contributed by atoms with van der Waals surface area (Å²) in [5.41, 5.74) is 0.179. The van der Waals surface area contributed by atoms with Crippen LogP contribution in [0.1, 0.15) is 19.3 Å². The minimum atomic E-state index is -1.17. The predicted molar refractivity (Wildman–Crippen MR) is 88.4 cm³/mol. The molecule has 1 aromatic rings. The van der Waals surface area contributed by atoms with Crippen molar-refractivity contribution in [3.63, 3.8) is 0 Å². The summed E-state index contributed by atoms with van der Waals surface area (Å²) in [5.74, 6) is -1.59. The molecule has 0 saturated heterocycles. The molecule has 7 heteroatoms. The normalized spacial score (nSPS) is 14.8. The van der Waals surface area contributed by atoms with Crippen LogP contribution in [0.25, 0.3) is 0 Å². The molecule has 5 nitrogen and oxygen atoms in total. The molecule has 0 fully saturated rings. The fraction of sp³-hybridized carbons (Fsp3) is 0.357. The highest BCUT2D eigenvalue weighted by molar-refractivity contribution is 8.23. The van der Waals surface area contributed by atoms with Crippen molar-refractivity contribution in [2.24, 2.45) is 0 Å². The second-order valence-electron chi connectivity index (χ2n) is 3.97. The van der Waals surface area contributed by atoms with Crippen molar-refractivity contribution >= 4 is 40.2 Å². The quantitative estimate of drug-likeness (QED) is 0.656. The zero-order valence-electron chi connectivity index (χ0n) is 16.3. The second kappa shape index (κ2) is 9.36. The van der Waals surface area contributed by atoms with E-state index in [2.05, 4.69) is 10.6 Å². The van der Waals surface area contributed by atoms with Crippen molar-refractivity contribution in [2.75, 3.05) is 12.3 Å². The minimum absolute atomic E-state index is 0.0371. The fourth-order valence-corrected chi connectivity index (χ4v) is 2.37. The van der Waals surface area contributed by atoms with Gasteiger partial charge in [-0.1, -0.05) is 54.2 Å². The van der Waals surface area contributed by atoms with Crippen LogP contribution in [0.15, 0.2) is 30.2 Å². The largest absolute Gasteiger partial charge is 0.480 e. The van der Waals surface area contributed by atoms with Crippen LogP contribution in [0.4, 0.5) is 0 Å². The van der Waals surface area contributed by atoms with E-state index in [1.54, 1.807) is 0 Å². The van der Waals surface area contributed by atoms with Crippen LogP contribution in [0.5, 0.6) is 0 Å². The number of carbonyl (C=O) groups is 2. The molecule has 0 radical (unpaired) electrons. The second-order valence-corrected chi connectivity index (χ2v) is 5.67. The number of benzene rings is 1. The molecule has 0 unspecified atom stereocenters. The van der Waals surface area contributed by atoms with Crippen molar-refractivity contribution in [2.45, 2.75) is 19.4 Å². The van der Waals surface area contributed by atoms with Gasteiger partial charge >= 0.3 is 5.97 Å². The van der Waals surface area contributed by atoms with Gasteiger partial charge in [-0.05, 0) is 12.0 Å². The summed E-state index contributed by atoms with van der Waals surface area (Å²) in [7, 11) is 0. The maximum atomic E-state index is 11.0. The van der Waals surface area contributed by atoms with Gasteiger partial charge in [0.15, 0.2) is 0 Å². The number of carbonyl (C=O) groups excluding carboxylic acids is 1. The first-order chi connectivity index (χ1) is 12.1. The molecule has 1 amide bonds. The lowest BCUT2D eigenvalue weighted by Gasteiger charge is -2.13. The van der Waals surface area contributed by atoms with E-state index in [0.717, 1.165) is 11.8 Å². The third-order valence-corrected chi connectivity index (χ3v) is 3.66. The highest BCUT2D eigenvalue weighted by Gasteiger charge is 2.18. The van der Waals surface area contributed by atoms with Gasteiger partial charge in [-0.15, -0.1) is 0 Å². The van der Waals surface area contributed by atoms with E-state index < -0.39 is 36.0 Å². The molecule has 0 aromatic heterocycles. The Balaban J connectivity index is 2.60. The Kier molecular flexibility index (Phi) is 4.92. The molecular weight excluding hydrogens is 308 g/mol. The van der Waals surface area contributed by atoms with Crippen LogP contribution < -0.4 is 10.6 Å². The van der Waals surface area contributed by atoms with Gasteiger partial charge in [-0.3, -0.25) is 4.79 Å². The monoisotopic (exact) mass is 331 g/mol. The van der Waals surface area contributed by atoms with E-state index in [4.69, 9.17) is 24.2 Å². The molecule has 0 heterocycles. The third kappa shape index (κ3) is 7.67. The van der Waals surface area contributed by atoms with Crippen LogP contribution in [-0.4, -0.2) is 39.6 Å². The average Bonchev–Trinajstić information content (AvgIpc) is 2.57. The Hall–Kier alpha value is -1.60. The molecule has 0 aliphatic heterocycles. The standard InChI is InChI=1S/C14H18N2O3S2/c1-10(17)16-12(13(18)19)9-21-14(20)15-8-7-11-5-3-2-4-6-11/h2-6,12H,7-9H2,1H3,(H,15,20)(H,16,17)(H,18,19)/t12-/m0/s1/i2D,3D,4D,5D,6D. The molecule has 3 N–H and O–H groups in total. The summed E-state index contributed by atoms with van der Waals surface area (Å²) >= 11 is 6.11. The van der Waals surface area contributed by atoms with Crippen molar-refractivity contribution in [3.05, 3.63) is 35.8 Å². The van der Waals surface area contributed by atoms with Gasteiger partial charge in [0.1, 0.15) is 10.4 Å². The van der Waals surface area contributed by atoms with Crippen molar-refractivity contribution in [3.8, 4) is 0 Å². The van der Waals surface area contributed by atoms with E-state index in [-0.39, 0.29) is 40.7 Å². The summed E-state index contributed by atoms with van der Waals surface area (Å²) in [5, 5.41) is 14.1. The molecule has 1 atom stereocenters. The van der Waals surface area contributed by atoms with Crippen LogP contribution in [0, 0.1) is 0 Å². The number of thiocarbonyl (C=S) groups is 1. The van der Waals surface area contributed by atoms with Gasteiger partial charge in [-0.2, -0.15) is 0 Å². The Morgan fingerprint density at radius 1 is 1.43 bits per heavy atom. The summed E-state index contributed by atoms with van der Waals surface area (Å²) < 4.78 is 38.7. The van der Waals surface area contributed by atoms with Gasteiger partial charge in [0.05, 0.1) is 6.85 Å². The molecule has 21 heavy (non-hydrogen) atoms. The Bertz CT molecular complexity index is 704. The van der Waals surface area contributed by atoms with Gasteiger partial charge in [0.25, 0.3) is 0 Å². The third-order valence-electron chi connectivity index (χ3n) is 2.25. The predicted octanol–water partition coefficient (Wildman–Crippen LogP) is 1.43. The molecule has 0 spiro atoms. The lowest BCUT2D eigenvalue weighted by molar-refractivity contribution is -0.140. The van der Waals surface area contributed by atoms with Crippen LogP contribution in [-0.2, 0) is 16.0 Å². The van der Waals surface area contributed by atoms with Crippen LogP contribution in [0.3, 0.4) is 0 Å². The summed E-state index contributed by atoms with van der Waals surface area (Å²) in [6.07, 6.45) is 0.157. The van der Waals surface area contributed by atoms with Crippen LogP contribution >= 0.6 is 24.0 Å². The Morgan fingerprint density at radius 2 is 2.10 bits per heavy atom.